The number of carbonyl (C=O) groups is 1. The van der Waals surface area contributed by atoms with Crippen molar-refractivity contribution in [1.29, 1.82) is 0 Å². The van der Waals surface area contributed by atoms with E-state index < -0.39 is 18.7 Å². The number of nitrogens with zero attached hydrogens (tertiary/aromatic N) is 4. The van der Waals surface area contributed by atoms with Gasteiger partial charge in [-0.1, -0.05) is 0 Å². The fourth-order valence-electron chi connectivity index (χ4n) is 2.72. The summed E-state index contributed by atoms with van der Waals surface area (Å²) < 4.78 is 44.3. The molecule has 0 unspecified atom stereocenters. The molecule has 1 aliphatic carbocycles. The maximum Gasteiger partial charge on any atom is 0.408 e. The van der Waals surface area contributed by atoms with E-state index in [1.165, 1.54) is 6.20 Å². The van der Waals surface area contributed by atoms with E-state index in [0.29, 0.717) is 24.0 Å². The standard InChI is InChI=1S/C14H14F3N5O2/c1-2-24-12(23)10-8-4-3-7-5-19-13(18)20-9(7)11(8)22(21-10)6-14(15,16)17/h5H,2-4,6H2,1H3,(H2,18,19,20). The minimum atomic E-state index is -4.50. The molecule has 10 heteroatoms. The van der Waals surface area contributed by atoms with Gasteiger partial charge in [-0.05, 0) is 25.3 Å². The van der Waals surface area contributed by atoms with Gasteiger partial charge in [0.25, 0.3) is 0 Å². The molecule has 0 radical (unpaired) electrons. The van der Waals surface area contributed by atoms with Crippen molar-refractivity contribution in [1.82, 2.24) is 19.7 Å². The number of hydrogen-bond acceptors (Lipinski definition) is 6. The average Bonchev–Trinajstić information content (AvgIpc) is 2.84. The van der Waals surface area contributed by atoms with Gasteiger partial charge >= 0.3 is 12.1 Å². The van der Waals surface area contributed by atoms with Crippen molar-refractivity contribution in [3.05, 3.63) is 23.0 Å². The Morgan fingerprint density at radius 3 is 2.83 bits per heavy atom. The number of alkyl halides is 3. The molecule has 2 aromatic rings. The summed E-state index contributed by atoms with van der Waals surface area (Å²) in [5.74, 6) is -0.806. The molecule has 0 saturated heterocycles. The number of aryl methyl sites for hydroxylation is 1. The Morgan fingerprint density at radius 1 is 1.42 bits per heavy atom. The van der Waals surface area contributed by atoms with Crippen molar-refractivity contribution in [2.24, 2.45) is 0 Å². The molecule has 0 aromatic carbocycles. The summed E-state index contributed by atoms with van der Waals surface area (Å²) in [6.07, 6.45) is -2.19. The van der Waals surface area contributed by atoms with Gasteiger partial charge in [-0.15, -0.1) is 0 Å². The predicted molar refractivity (Wildman–Crippen MR) is 77.1 cm³/mol. The summed E-state index contributed by atoms with van der Waals surface area (Å²) in [5, 5.41) is 3.85. The third-order valence-corrected chi connectivity index (χ3v) is 3.60. The number of rotatable bonds is 3. The Balaban J connectivity index is 2.19. The van der Waals surface area contributed by atoms with Gasteiger partial charge in [0, 0.05) is 11.8 Å². The Bertz CT molecular complexity index is 800. The van der Waals surface area contributed by atoms with Crippen LogP contribution in [0, 0.1) is 0 Å². The summed E-state index contributed by atoms with van der Waals surface area (Å²) in [6.45, 7) is 0.379. The first-order valence-corrected chi connectivity index (χ1v) is 7.25. The maximum atomic E-state index is 12.9. The number of fused-ring (bicyclic) bond motifs is 3. The molecule has 7 nitrogen and oxygen atoms in total. The van der Waals surface area contributed by atoms with Crippen LogP contribution in [0.3, 0.4) is 0 Å². The van der Waals surface area contributed by atoms with Gasteiger partial charge in [0.05, 0.1) is 18.0 Å². The van der Waals surface area contributed by atoms with Crippen LogP contribution in [0.25, 0.3) is 11.4 Å². The molecule has 128 valence electrons. The number of ether oxygens (including phenoxy) is 1. The first-order chi connectivity index (χ1) is 11.3. The Labute approximate surface area is 134 Å². The summed E-state index contributed by atoms with van der Waals surface area (Å²) in [4.78, 5) is 20.0. The number of nitrogen functional groups attached to an aromatic ring is 1. The largest absolute Gasteiger partial charge is 0.461 e. The number of halogens is 3. The molecule has 2 N–H and O–H groups in total. The van der Waals surface area contributed by atoms with E-state index in [1.807, 2.05) is 0 Å². The van der Waals surface area contributed by atoms with Crippen LogP contribution >= 0.6 is 0 Å². The highest BCUT2D eigenvalue weighted by molar-refractivity contribution is 5.91. The van der Waals surface area contributed by atoms with Gasteiger partial charge < -0.3 is 10.5 Å². The van der Waals surface area contributed by atoms with Crippen molar-refractivity contribution >= 4 is 11.9 Å². The topological polar surface area (TPSA) is 95.9 Å². The Kier molecular flexibility index (Phi) is 3.90. The van der Waals surface area contributed by atoms with Crippen LogP contribution in [0.15, 0.2) is 6.20 Å². The van der Waals surface area contributed by atoms with Crippen molar-refractivity contribution in [2.75, 3.05) is 12.3 Å². The highest BCUT2D eigenvalue weighted by Crippen LogP contribution is 2.35. The second-order valence-electron chi connectivity index (χ2n) is 5.27. The van der Waals surface area contributed by atoms with Crippen molar-refractivity contribution in [2.45, 2.75) is 32.5 Å². The highest BCUT2D eigenvalue weighted by atomic mass is 19.4. The monoisotopic (exact) mass is 341 g/mol. The minimum Gasteiger partial charge on any atom is -0.461 e. The van der Waals surface area contributed by atoms with Gasteiger partial charge in [-0.25, -0.2) is 14.8 Å². The number of esters is 1. The lowest BCUT2D eigenvalue weighted by Crippen LogP contribution is -2.21. The van der Waals surface area contributed by atoms with E-state index in [1.54, 1.807) is 6.92 Å². The van der Waals surface area contributed by atoms with Gasteiger partial charge in [-0.3, -0.25) is 4.68 Å². The van der Waals surface area contributed by atoms with E-state index in [9.17, 15) is 18.0 Å². The molecule has 0 atom stereocenters. The summed E-state index contributed by atoms with van der Waals surface area (Å²) in [6, 6.07) is 0. The van der Waals surface area contributed by atoms with Crippen molar-refractivity contribution < 1.29 is 22.7 Å². The van der Waals surface area contributed by atoms with Crippen LogP contribution in [0.2, 0.25) is 0 Å². The minimum absolute atomic E-state index is 0.0564. The van der Waals surface area contributed by atoms with Gasteiger partial charge in [0.1, 0.15) is 6.54 Å². The quantitative estimate of drug-likeness (QED) is 0.855. The molecule has 0 amide bonds. The molecule has 24 heavy (non-hydrogen) atoms. The van der Waals surface area contributed by atoms with Gasteiger partial charge in [0.2, 0.25) is 5.95 Å². The van der Waals surface area contributed by atoms with E-state index >= 15 is 0 Å². The molecule has 2 aromatic heterocycles. The first-order valence-electron chi connectivity index (χ1n) is 7.25. The fourth-order valence-corrected chi connectivity index (χ4v) is 2.72. The van der Waals surface area contributed by atoms with Crippen molar-refractivity contribution in [3.8, 4) is 11.4 Å². The molecule has 0 bridgehead atoms. The normalized spacial score (nSPS) is 13.3. The molecular formula is C14H14F3N5O2. The lowest BCUT2D eigenvalue weighted by Gasteiger charge is -2.18. The molecule has 0 fully saturated rings. The predicted octanol–water partition coefficient (Wildman–Crippen LogP) is 1.76. The Morgan fingerprint density at radius 2 is 2.17 bits per heavy atom. The van der Waals surface area contributed by atoms with Crippen LogP contribution in [0.1, 0.15) is 28.5 Å². The summed E-state index contributed by atoms with van der Waals surface area (Å²) >= 11 is 0. The smallest absolute Gasteiger partial charge is 0.408 e. The molecule has 1 aliphatic rings. The Hall–Kier alpha value is -2.65. The molecule has 2 heterocycles. The number of nitrogens with two attached hydrogens (primary N) is 1. The number of hydrogen-bond donors (Lipinski definition) is 1. The van der Waals surface area contributed by atoms with Gasteiger partial charge in [0.15, 0.2) is 5.69 Å². The zero-order valence-electron chi connectivity index (χ0n) is 12.7. The van der Waals surface area contributed by atoms with Crippen molar-refractivity contribution in [3.63, 3.8) is 0 Å². The number of anilines is 1. The fraction of sp³-hybridized carbons (Fsp3) is 0.429. The molecule has 0 spiro atoms. The zero-order valence-corrected chi connectivity index (χ0v) is 12.7. The van der Waals surface area contributed by atoms with Crippen LogP contribution < -0.4 is 5.73 Å². The van der Waals surface area contributed by atoms with Crippen LogP contribution in [-0.2, 0) is 24.1 Å². The second-order valence-corrected chi connectivity index (χ2v) is 5.27. The van der Waals surface area contributed by atoms with E-state index in [2.05, 4.69) is 15.1 Å². The lowest BCUT2D eigenvalue weighted by atomic mass is 9.93. The van der Waals surface area contributed by atoms with Crippen LogP contribution in [-0.4, -0.2) is 38.5 Å². The molecule has 0 aliphatic heterocycles. The maximum absolute atomic E-state index is 12.9. The summed E-state index contributed by atoms with van der Waals surface area (Å²) in [5.41, 5.74) is 6.93. The number of aromatic nitrogens is 4. The van der Waals surface area contributed by atoms with E-state index in [-0.39, 0.29) is 29.6 Å². The third kappa shape index (κ3) is 2.91. The zero-order chi connectivity index (χ0) is 17.5. The second kappa shape index (κ2) is 5.77. The summed E-state index contributed by atoms with van der Waals surface area (Å²) in [7, 11) is 0. The third-order valence-electron chi connectivity index (χ3n) is 3.60. The molecule has 0 saturated carbocycles. The van der Waals surface area contributed by atoms with Crippen LogP contribution in [0.4, 0.5) is 19.1 Å². The van der Waals surface area contributed by atoms with Crippen LogP contribution in [0.5, 0.6) is 0 Å². The van der Waals surface area contributed by atoms with E-state index in [4.69, 9.17) is 10.5 Å². The number of carbonyl (C=O) groups excluding carboxylic acids is 1. The SMILES string of the molecule is CCOC(=O)c1nn(CC(F)(F)F)c2c1CCc1cnc(N)nc1-2. The highest BCUT2D eigenvalue weighted by Gasteiger charge is 2.35. The average molecular weight is 341 g/mol. The van der Waals surface area contributed by atoms with Gasteiger partial charge in [-0.2, -0.15) is 18.3 Å². The first kappa shape index (κ1) is 16.2. The lowest BCUT2D eigenvalue weighted by molar-refractivity contribution is -0.142. The van der Waals surface area contributed by atoms with E-state index in [0.717, 1.165) is 4.68 Å². The molecule has 3 rings (SSSR count). The molecular weight excluding hydrogens is 327 g/mol.